The zero-order chi connectivity index (χ0) is 23.4. The van der Waals surface area contributed by atoms with Crippen LogP contribution in [0.3, 0.4) is 0 Å². The Kier molecular flexibility index (Phi) is 7.19. The summed E-state index contributed by atoms with van der Waals surface area (Å²) < 4.78 is 55.7. The first-order valence-electron chi connectivity index (χ1n) is 11.1. The Morgan fingerprint density at radius 1 is 1.12 bits per heavy atom. The van der Waals surface area contributed by atoms with Gasteiger partial charge in [-0.3, -0.25) is 4.79 Å². The predicted octanol–water partition coefficient (Wildman–Crippen LogP) is 3.91. The predicted molar refractivity (Wildman–Crippen MR) is 119 cm³/mol. The number of hydrogen-bond donors (Lipinski definition) is 0. The molecule has 0 unspecified atom stereocenters. The lowest BCUT2D eigenvalue weighted by Gasteiger charge is -2.33. The molecular formula is C24H28FNO6S. The van der Waals surface area contributed by atoms with Crippen molar-refractivity contribution in [3.63, 3.8) is 0 Å². The first-order chi connectivity index (χ1) is 15.9. The van der Waals surface area contributed by atoms with Crippen molar-refractivity contribution in [1.82, 2.24) is 4.90 Å². The Morgan fingerprint density at radius 3 is 2.55 bits per heavy atom. The van der Waals surface area contributed by atoms with Crippen molar-refractivity contribution in [3.05, 3.63) is 53.8 Å². The zero-order valence-electron chi connectivity index (χ0n) is 18.5. The van der Waals surface area contributed by atoms with Gasteiger partial charge in [0.25, 0.3) is 0 Å². The number of para-hydroxylation sites is 1. The molecule has 0 N–H and O–H groups in total. The van der Waals surface area contributed by atoms with Crippen LogP contribution in [0.2, 0.25) is 0 Å². The van der Waals surface area contributed by atoms with Crippen LogP contribution in [0.4, 0.5) is 4.39 Å². The molecule has 9 heteroatoms. The fourth-order valence-electron chi connectivity index (χ4n) is 4.07. The zero-order valence-corrected chi connectivity index (χ0v) is 19.4. The number of nitrogens with zero attached hydrogens (tertiary/aromatic N) is 1. The van der Waals surface area contributed by atoms with Crippen LogP contribution in [0.1, 0.15) is 37.7 Å². The molecule has 0 bridgehead atoms. The molecule has 0 spiro atoms. The van der Waals surface area contributed by atoms with Gasteiger partial charge in [-0.05, 0) is 49.9 Å². The number of methoxy groups -OCH3 is 1. The van der Waals surface area contributed by atoms with E-state index in [9.17, 15) is 17.6 Å². The van der Waals surface area contributed by atoms with Crippen molar-refractivity contribution >= 4 is 16.0 Å². The molecule has 2 aromatic rings. The highest BCUT2D eigenvalue weighted by atomic mass is 32.2. The van der Waals surface area contributed by atoms with E-state index in [2.05, 4.69) is 0 Å². The summed E-state index contributed by atoms with van der Waals surface area (Å²) in [6.45, 7) is 1.35. The van der Waals surface area contributed by atoms with E-state index in [-0.39, 0.29) is 40.9 Å². The smallest absolute Gasteiger partial charge is 0.339 e. The second-order valence-electron chi connectivity index (χ2n) is 8.42. The van der Waals surface area contributed by atoms with E-state index in [1.54, 1.807) is 23.1 Å². The van der Waals surface area contributed by atoms with Gasteiger partial charge in [0, 0.05) is 31.2 Å². The van der Waals surface area contributed by atoms with Gasteiger partial charge in [-0.2, -0.15) is 8.42 Å². The number of benzene rings is 2. The number of carbonyl (C=O) groups excluding carboxylic acids is 1. The van der Waals surface area contributed by atoms with Crippen molar-refractivity contribution in [3.8, 4) is 11.5 Å². The fraction of sp³-hybridized carbons (Fsp3) is 0.458. The number of halogens is 1. The Balaban J connectivity index is 1.56. The number of ether oxygens (including phenoxy) is 2. The summed E-state index contributed by atoms with van der Waals surface area (Å²) in [6, 6.07) is 10.0. The first kappa shape index (κ1) is 23.5. The molecule has 4 rings (SSSR count). The highest BCUT2D eigenvalue weighted by Crippen LogP contribution is 2.31. The van der Waals surface area contributed by atoms with E-state index in [0.29, 0.717) is 18.7 Å². The number of rotatable bonds is 9. The van der Waals surface area contributed by atoms with Crippen molar-refractivity contribution < 1.29 is 31.3 Å². The van der Waals surface area contributed by atoms with Crippen LogP contribution in [0.15, 0.2) is 47.4 Å². The van der Waals surface area contributed by atoms with Gasteiger partial charge in [0.15, 0.2) is 11.6 Å². The summed E-state index contributed by atoms with van der Waals surface area (Å²) in [7, 11) is -3.00. The van der Waals surface area contributed by atoms with Crippen LogP contribution in [0.25, 0.3) is 0 Å². The van der Waals surface area contributed by atoms with Crippen LogP contribution in [0.5, 0.6) is 11.5 Å². The number of carbonyl (C=O) groups is 1. The average Bonchev–Trinajstić information content (AvgIpc) is 3.26. The minimum absolute atomic E-state index is 0.00508. The van der Waals surface area contributed by atoms with Crippen LogP contribution in [0, 0.1) is 11.7 Å². The molecule has 1 saturated carbocycles. The maximum Gasteiger partial charge on any atom is 0.339 e. The van der Waals surface area contributed by atoms with Crippen molar-refractivity contribution in [2.45, 2.75) is 49.6 Å². The highest BCUT2D eigenvalue weighted by molar-refractivity contribution is 7.87. The third-order valence-electron chi connectivity index (χ3n) is 6.16. The Hall–Kier alpha value is -2.65. The van der Waals surface area contributed by atoms with Crippen molar-refractivity contribution in [2.24, 2.45) is 5.92 Å². The molecule has 0 aromatic heterocycles. The van der Waals surface area contributed by atoms with E-state index in [4.69, 9.17) is 13.7 Å². The summed E-state index contributed by atoms with van der Waals surface area (Å²) in [5.41, 5.74) is 0.556. The minimum Gasteiger partial charge on any atom is -0.494 e. The molecule has 1 amide bonds. The largest absolute Gasteiger partial charge is 0.494 e. The molecule has 1 saturated heterocycles. The standard InChI is InChI=1S/C24H28FNO6S/c1-30-23-12-11-20(14-21(23)25)33(28,29)32-22-10-3-2-6-18(22)15-26(16-19-9-5-13-31-19)24(27)17-7-4-8-17/h2-3,6,10-12,14,17,19H,4-5,7-9,13,15-16H2,1H3/t19-/m1/s1. The maximum atomic E-state index is 14.1. The first-order valence-corrected chi connectivity index (χ1v) is 12.5. The van der Waals surface area contributed by atoms with Crippen LogP contribution in [-0.4, -0.2) is 45.6 Å². The van der Waals surface area contributed by atoms with E-state index in [1.165, 1.54) is 25.3 Å². The number of amides is 1. The molecule has 2 aliphatic rings. The van der Waals surface area contributed by atoms with Crippen LogP contribution >= 0.6 is 0 Å². The molecule has 7 nitrogen and oxygen atoms in total. The summed E-state index contributed by atoms with van der Waals surface area (Å²) in [6.07, 6.45) is 4.62. The van der Waals surface area contributed by atoms with Gasteiger partial charge >= 0.3 is 10.1 Å². The third-order valence-corrected chi connectivity index (χ3v) is 7.39. The van der Waals surface area contributed by atoms with Gasteiger partial charge in [-0.1, -0.05) is 24.6 Å². The molecule has 33 heavy (non-hydrogen) atoms. The molecule has 1 atom stereocenters. The lowest BCUT2D eigenvalue weighted by Crippen LogP contribution is -2.42. The van der Waals surface area contributed by atoms with Gasteiger partial charge in [-0.15, -0.1) is 0 Å². The molecule has 1 heterocycles. The molecule has 2 aromatic carbocycles. The number of hydrogen-bond acceptors (Lipinski definition) is 6. The van der Waals surface area contributed by atoms with Gasteiger partial charge < -0.3 is 18.6 Å². The lowest BCUT2D eigenvalue weighted by atomic mass is 9.84. The SMILES string of the molecule is COc1ccc(S(=O)(=O)Oc2ccccc2CN(C[C@H]2CCCO2)C(=O)C2CCC2)cc1F. The average molecular weight is 478 g/mol. The second kappa shape index (κ2) is 10.1. The molecule has 178 valence electrons. The molecule has 1 aliphatic heterocycles. The topological polar surface area (TPSA) is 82.1 Å². The van der Waals surface area contributed by atoms with Crippen LogP contribution < -0.4 is 8.92 Å². The van der Waals surface area contributed by atoms with Gasteiger partial charge in [0.2, 0.25) is 5.91 Å². The van der Waals surface area contributed by atoms with Gasteiger partial charge in [0.05, 0.1) is 13.2 Å². The summed E-state index contributed by atoms with van der Waals surface area (Å²) in [4.78, 5) is 14.5. The highest BCUT2D eigenvalue weighted by Gasteiger charge is 2.32. The van der Waals surface area contributed by atoms with E-state index >= 15 is 0 Å². The molecule has 0 radical (unpaired) electrons. The van der Waals surface area contributed by atoms with E-state index in [1.807, 2.05) is 0 Å². The van der Waals surface area contributed by atoms with Crippen LogP contribution in [-0.2, 0) is 26.2 Å². The summed E-state index contributed by atoms with van der Waals surface area (Å²) in [5, 5.41) is 0. The molecule has 1 aliphatic carbocycles. The monoisotopic (exact) mass is 477 g/mol. The van der Waals surface area contributed by atoms with Crippen molar-refractivity contribution in [1.29, 1.82) is 0 Å². The second-order valence-corrected chi connectivity index (χ2v) is 9.97. The third kappa shape index (κ3) is 5.47. The fourth-order valence-corrected chi connectivity index (χ4v) is 5.05. The van der Waals surface area contributed by atoms with E-state index < -0.39 is 15.9 Å². The van der Waals surface area contributed by atoms with Gasteiger partial charge in [0.1, 0.15) is 10.6 Å². The van der Waals surface area contributed by atoms with Crippen molar-refractivity contribution in [2.75, 3.05) is 20.3 Å². The lowest BCUT2D eigenvalue weighted by molar-refractivity contribution is -0.140. The molecular weight excluding hydrogens is 449 g/mol. The Labute approximate surface area is 193 Å². The van der Waals surface area contributed by atoms with Gasteiger partial charge in [-0.25, -0.2) is 4.39 Å². The summed E-state index contributed by atoms with van der Waals surface area (Å²) >= 11 is 0. The van der Waals surface area contributed by atoms with E-state index in [0.717, 1.165) is 38.2 Å². The minimum atomic E-state index is -4.30. The Bertz CT molecular complexity index is 1100. The quantitative estimate of drug-likeness (QED) is 0.510. The molecule has 2 fully saturated rings. The Morgan fingerprint density at radius 2 is 1.91 bits per heavy atom. The normalized spacial score (nSPS) is 18.5. The maximum absolute atomic E-state index is 14.1. The summed E-state index contributed by atoms with van der Waals surface area (Å²) in [5.74, 6) is -0.692.